The number of nitrogens with zero attached hydrogens (tertiary/aromatic N) is 6. The molecule has 4 rings (SSSR count). The zero-order chi connectivity index (χ0) is 18.3. The lowest BCUT2D eigenvalue weighted by molar-refractivity contribution is 0.388. The van der Waals surface area contributed by atoms with Crippen LogP contribution >= 0.6 is 0 Å². The Kier molecular flexibility index (Phi) is 4.00. The molecule has 10 heteroatoms. The lowest BCUT2D eigenvalue weighted by Crippen LogP contribution is -2.48. The van der Waals surface area contributed by atoms with Gasteiger partial charge in [0, 0.05) is 43.5 Å². The molecule has 3 heterocycles. The highest BCUT2D eigenvalue weighted by Gasteiger charge is 2.23. The van der Waals surface area contributed by atoms with E-state index in [0.717, 1.165) is 16.9 Å². The SMILES string of the molecule is CS(=O)(=O)N1CCN(c2cccc(-c3cc4ncnn4c(N)n3)c2)CC1. The maximum atomic E-state index is 11.7. The molecule has 1 saturated heterocycles. The van der Waals surface area contributed by atoms with Crippen molar-refractivity contribution in [1.82, 2.24) is 23.9 Å². The molecular weight excluding hydrogens is 354 g/mol. The zero-order valence-electron chi connectivity index (χ0n) is 14.3. The zero-order valence-corrected chi connectivity index (χ0v) is 15.1. The largest absolute Gasteiger partial charge is 0.369 e. The van der Waals surface area contributed by atoms with Gasteiger partial charge in [-0.2, -0.15) is 13.9 Å². The lowest BCUT2D eigenvalue weighted by Gasteiger charge is -2.34. The number of benzene rings is 1. The number of piperazine rings is 1. The molecule has 1 aliphatic heterocycles. The molecule has 0 amide bonds. The van der Waals surface area contributed by atoms with Gasteiger partial charge in [0.1, 0.15) is 6.33 Å². The van der Waals surface area contributed by atoms with E-state index in [-0.39, 0.29) is 5.95 Å². The molecule has 0 saturated carbocycles. The topological polar surface area (TPSA) is 110 Å². The van der Waals surface area contributed by atoms with Gasteiger partial charge in [-0.15, -0.1) is 0 Å². The minimum Gasteiger partial charge on any atom is -0.369 e. The summed E-state index contributed by atoms with van der Waals surface area (Å²) in [5.74, 6) is 0.280. The van der Waals surface area contributed by atoms with E-state index in [1.807, 2.05) is 30.3 Å². The number of fused-ring (bicyclic) bond motifs is 1. The number of hydrogen-bond acceptors (Lipinski definition) is 7. The smallest absolute Gasteiger partial charge is 0.223 e. The molecule has 0 unspecified atom stereocenters. The first-order chi connectivity index (χ1) is 12.4. The number of hydrogen-bond donors (Lipinski definition) is 1. The van der Waals surface area contributed by atoms with Crippen LogP contribution in [0.25, 0.3) is 16.9 Å². The monoisotopic (exact) mass is 373 g/mol. The van der Waals surface area contributed by atoms with Crippen molar-refractivity contribution < 1.29 is 8.42 Å². The normalized spacial score (nSPS) is 16.3. The maximum absolute atomic E-state index is 11.7. The van der Waals surface area contributed by atoms with Crippen molar-refractivity contribution in [2.24, 2.45) is 0 Å². The van der Waals surface area contributed by atoms with E-state index < -0.39 is 10.0 Å². The summed E-state index contributed by atoms with van der Waals surface area (Å²) in [7, 11) is -3.14. The third-order valence-corrected chi connectivity index (χ3v) is 5.81. The molecule has 2 aromatic heterocycles. The first-order valence-electron chi connectivity index (χ1n) is 8.18. The highest BCUT2D eigenvalue weighted by Crippen LogP contribution is 2.26. The second-order valence-corrected chi connectivity index (χ2v) is 8.21. The average Bonchev–Trinajstić information content (AvgIpc) is 3.10. The first kappa shape index (κ1) is 16.7. The molecular formula is C16H19N7O2S. The van der Waals surface area contributed by atoms with Crippen LogP contribution in [0.5, 0.6) is 0 Å². The van der Waals surface area contributed by atoms with Crippen LogP contribution in [-0.2, 0) is 10.0 Å². The highest BCUT2D eigenvalue weighted by atomic mass is 32.2. The number of nitrogen functional groups attached to an aromatic ring is 1. The number of nitrogens with two attached hydrogens (primary N) is 1. The van der Waals surface area contributed by atoms with Gasteiger partial charge in [-0.05, 0) is 12.1 Å². The van der Waals surface area contributed by atoms with E-state index in [0.29, 0.717) is 31.8 Å². The summed E-state index contributed by atoms with van der Waals surface area (Å²) in [4.78, 5) is 10.7. The second-order valence-electron chi connectivity index (χ2n) is 6.23. The number of aromatic nitrogens is 4. The van der Waals surface area contributed by atoms with E-state index in [1.54, 1.807) is 0 Å². The van der Waals surface area contributed by atoms with Crippen molar-refractivity contribution in [3.63, 3.8) is 0 Å². The van der Waals surface area contributed by atoms with Gasteiger partial charge >= 0.3 is 0 Å². The fourth-order valence-electron chi connectivity index (χ4n) is 3.14. The fraction of sp³-hybridized carbons (Fsp3) is 0.312. The Bertz CT molecular complexity index is 1060. The van der Waals surface area contributed by atoms with Gasteiger partial charge in [0.05, 0.1) is 11.9 Å². The molecule has 0 aliphatic carbocycles. The third-order valence-electron chi connectivity index (χ3n) is 4.51. The van der Waals surface area contributed by atoms with E-state index in [9.17, 15) is 8.42 Å². The minimum absolute atomic E-state index is 0.280. The molecule has 2 N–H and O–H groups in total. The summed E-state index contributed by atoms with van der Waals surface area (Å²) in [6, 6.07) is 9.80. The van der Waals surface area contributed by atoms with Crippen molar-refractivity contribution in [3.8, 4) is 11.3 Å². The fourth-order valence-corrected chi connectivity index (χ4v) is 3.97. The molecule has 1 fully saturated rings. The number of anilines is 2. The highest BCUT2D eigenvalue weighted by molar-refractivity contribution is 7.88. The quantitative estimate of drug-likeness (QED) is 0.710. The van der Waals surface area contributed by atoms with Gasteiger partial charge in [-0.25, -0.2) is 18.4 Å². The Morgan fingerprint density at radius 1 is 1.12 bits per heavy atom. The maximum Gasteiger partial charge on any atom is 0.223 e. The summed E-state index contributed by atoms with van der Waals surface area (Å²) in [5, 5.41) is 4.03. The van der Waals surface area contributed by atoms with Gasteiger partial charge in [0.2, 0.25) is 16.0 Å². The van der Waals surface area contributed by atoms with Crippen molar-refractivity contribution >= 4 is 27.3 Å². The van der Waals surface area contributed by atoms with Crippen LogP contribution in [0.1, 0.15) is 0 Å². The molecule has 0 spiro atoms. The standard InChI is InChI=1S/C16H19N7O2S/c1-26(24,25)22-7-5-21(6-8-22)13-4-2-3-12(9-13)14-10-15-18-11-19-23(15)16(17)20-14/h2-4,9-11H,5-8H2,1H3,(H2,17,20). The first-order valence-corrected chi connectivity index (χ1v) is 10.0. The van der Waals surface area contributed by atoms with Crippen LogP contribution in [0.4, 0.5) is 11.6 Å². The van der Waals surface area contributed by atoms with E-state index in [2.05, 4.69) is 20.0 Å². The summed E-state index contributed by atoms with van der Waals surface area (Å²) < 4.78 is 26.3. The predicted octanol–water partition coefficient (Wildman–Crippen LogP) is 0.455. The molecule has 0 bridgehead atoms. The summed E-state index contributed by atoms with van der Waals surface area (Å²) in [6.07, 6.45) is 2.69. The molecule has 0 atom stereocenters. The van der Waals surface area contributed by atoms with Gasteiger partial charge in [0.25, 0.3) is 0 Å². The number of rotatable bonds is 3. The molecule has 1 aromatic carbocycles. The average molecular weight is 373 g/mol. The minimum atomic E-state index is -3.14. The van der Waals surface area contributed by atoms with Gasteiger partial charge in [-0.3, -0.25) is 0 Å². The lowest BCUT2D eigenvalue weighted by atomic mass is 10.1. The van der Waals surface area contributed by atoms with Crippen LogP contribution in [0, 0.1) is 0 Å². The Hall–Kier alpha value is -2.72. The van der Waals surface area contributed by atoms with Crippen LogP contribution in [0.2, 0.25) is 0 Å². The predicted molar refractivity (Wildman–Crippen MR) is 99.3 cm³/mol. The van der Waals surface area contributed by atoms with E-state index in [4.69, 9.17) is 5.73 Å². The Morgan fingerprint density at radius 2 is 1.88 bits per heavy atom. The van der Waals surface area contributed by atoms with Crippen molar-refractivity contribution in [1.29, 1.82) is 0 Å². The molecule has 1 aliphatic rings. The van der Waals surface area contributed by atoms with Crippen LogP contribution in [-0.4, -0.2) is 64.7 Å². The summed E-state index contributed by atoms with van der Waals surface area (Å²) in [6.45, 7) is 2.27. The van der Waals surface area contributed by atoms with Crippen molar-refractivity contribution in [2.45, 2.75) is 0 Å². The molecule has 9 nitrogen and oxygen atoms in total. The second kappa shape index (κ2) is 6.22. The molecule has 0 radical (unpaired) electrons. The summed E-state index contributed by atoms with van der Waals surface area (Å²) in [5.41, 5.74) is 9.26. The molecule has 3 aromatic rings. The van der Waals surface area contributed by atoms with Gasteiger partial charge in [0.15, 0.2) is 5.65 Å². The van der Waals surface area contributed by atoms with Crippen LogP contribution in [0.15, 0.2) is 36.7 Å². The van der Waals surface area contributed by atoms with Crippen molar-refractivity contribution in [2.75, 3.05) is 43.1 Å². The Balaban J connectivity index is 1.61. The van der Waals surface area contributed by atoms with Crippen LogP contribution in [0.3, 0.4) is 0 Å². The number of sulfonamides is 1. The van der Waals surface area contributed by atoms with E-state index in [1.165, 1.54) is 21.4 Å². The Labute approximate surface area is 151 Å². The van der Waals surface area contributed by atoms with Gasteiger partial charge in [-0.1, -0.05) is 12.1 Å². The van der Waals surface area contributed by atoms with Crippen LogP contribution < -0.4 is 10.6 Å². The van der Waals surface area contributed by atoms with Crippen molar-refractivity contribution in [3.05, 3.63) is 36.7 Å². The molecule has 26 heavy (non-hydrogen) atoms. The van der Waals surface area contributed by atoms with Gasteiger partial charge < -0.3 is 10.6 Å². The summed E-state index contributed by atoms with van der Waals surface area (Å²) >= 11 is 0. The Morgan fingerprint density at radius 3 is 2.62 bits per heavy atom. The molecule has 136 valence electrons. The third kappa shape index (κ3) is 3.08. The van der Waals surface area contributed by atoms with E-state index >= 15 is 0 Å².